The van der Waals surface area contributed by atoms with Crippen molar-refractivity contribution >= 4 is 29.5 Å². The number of amides is 1. The molecule has 0 unspecified atom stereocenters. The minimum absolute atomic E-state index is 0.0324. The topological polar surface area (TPSA) is 98.5 Å². The van der Waals surface area contributed by atoms with Gasteiger partial charge in [-0.25, -0.2) is 0 Å². The monoisotopic (exact) mass is 411 g/mol. The van der Waals surface area contributed by atoms with E-state index >= 15 is 0 Å². The number of benzene rings is 2. The summed E-state index contributed by atoms with van der Waals surface area (Å²) in [7, 11) is 1.46. The van der Waals surface area contributed by atoms with Crippen molar-refractivity contribution in [3.05, 3.63) is 75.9 Å². The Morgan fingerprint density at radius 2 is 1.86 bits per heavy atom. The molecule has 0 fully saturated rings. The lowest BCUT2D eigenvalue weighted by atomic mass is 10.1. The standard InChI is InChI=1S/C20H18ClN5O3/c1-13-3-7-15(8-4-13)17(27)12-29-20-18(19(28)22-2)24-25-26(20)23-11-14-5-9-16(21)10-6-14/h3-11H,12H2,1-2H3,(H,22,28). The minimum atomic E-state index is -0.504. The SMILES string of the molecule is CNC(=O)c1nnn(N=Cc2ccc(Cl)cc2)c1OCC(=O)c1ccc(C)cc1. The Balaban J connectivity index is 1.82. The lowest BCUT2D eigenvalue weighted by Crippen LogP contribution is -2.21. The average molecular weight is 412 g/mol. The van der Waals surface area contributed by atoms with Gasteiger partial charge in [0, 0.05) is 17.6 Å². The van der Waals surface area contributed by atoms with Crippen molar-refractivity contribution in [2.24, 2.45) is 5.10 Å². The molecule has 9 heteroatoms. The lowest BCUT2D eigenvalue weighted by molar-refractivity contribution is 0.0898. The van der Waals surface area contributed by atoms with Gasteiger partial charge in [0.1, 0.15) is 0 Å². The number of ketones is 1. The molecule has 0 saturated heterocycles. The highest BCUT2D eigenvalue weighted by molar-refractivity contribution is 6.30. The molecule has 0 radical (unpaired) electrons. The number of nitrogens with one attached hydrogen (secondary N) is 1. The molecular weight excluding hydrogens is 394 g/mol. The second-order valence-corrected chi connectivity index (χ2v) is 6.52. The van der Waals surface area contributed by atoms with Crippen LogP contribution in [-0.4, -0.2) is 46.7 Å². The Bertz CT molecular complexity index is 1040. The van der Waals surface area contributed by atoms with E-state index in [9.17, 15) is 9.59 Å². The number of Topliss-reactive ketones (excluding diaryl/α,β-unsaturated/α-hetero) is 1. The number of nitrogens with zero attached hydrogens (tertiary/aromatic N) is 4. The summed E-state index contributed by atoms with van der Waals surface area (Å²) in [5.41, 5.74) is 2.23. The number of aryl methyl sites for hydroxylation is 1. The van der Waals surface area contributed by atoms with Gasteiger partial charge in [-0.3, -0.25) is 9.59 Å². The van der Waals surface area contributed by atoms with Crippen molar-refractivity contribution in [1.29, 1.82) is 0 Å². The number of ether oxygens (including phenoxy) is 1. The molecule has 29 heavy (non-hydrogen) atoms. The van der Waals surface area contributed by atoms with Crippen LogP contribution in [0.1, 0.15) is 32.0 Å². The zero-order valence-corrected chi connectivity index (χ0v) is 16.6. The van der Waals surface area contributed by atoms with Crippen molar-refractivity contribution in [2.75, 3.05) is 13.7 Å². The van der Waals surface area contributed by atoms with E-state index in [1.54, 1.807) is 36.4 Å². The summed E-state index contributed by atoms with van der Waals surface area (Å²) in [5, 5.41) is 14.9. The third kappa shape index (κ3) is 5.05. The van der Waals surface area contributed by atoms with Crippen molar-refractivity contribution in [3.8, 4) is 5.88 Å². The zero-order chi connectivity index (χ0) is 20.8. The Morgan fingerprint density at radius 1 is 1.17 bits per heavy atom. The van der Waals surface area contributed by atoms with Crippen LogP contribution in [0, 0.1) is 6.92 Å². The summed E-state index contributed by atoms with van der Waals surface area (Å²) in [4.78, 5) is 25.5. The van der Waals surface area contributed by atoms with Crippen LogP contribution in [0.4, 0.5) is 0 Å². The first-order valence-electron chi connectivity index (χ1n) is 8.68. The molecule has 3 aromatic rings. The average Bonchev–Trinajstić information content (AvgIpc) is 3.14. The molecule has 148 valence electrons. The molecule has 1 aromatic heterocycles. The van der Waals surface area contributed by atoms with Gasteiger partial charge >= 0.3 is 0 Å². The molecule has 0 atom stereocenters. The number of hydrogen-bond acceptors (Lipinski definition) is 6. The normalized spacial score (nSPS) is 10.9. The molecule has 1 N–H and O–H groups in total. The Morgan fingerprint density at radius 3 is 2.52 bits per heavy atom. The van der Waals surface area contributed by atoms with Crippen LogP contribution in [0.2, 0.25) is 5.02 Å². The minimum Gasteiger partial charge on any atom is -0.466 e. The second kappa shape index (κ2) is 9.11. The van der Waals surface area contributed by atoms with Crippen molar-refractivity contribution in [2.45, 2.75) is 6.92 Å². The highest BCUT2D eigenvalue weighted by atomic mass is 35.5. The molecule has 3 rings (SSSR count). The van der Waals surface area contributed by atoms with Crippen LogP contribution in [-0.2, 0) is 0 Å². The van der Waals surface area contributed by atoms with Crippen LogP contribution in [0.3, 0.4) is 0 Å². The molecule has 1 amide bonds. The van der Waals surface area contributed by atoms with Gasteiger partial charge in [-0.2, -0.15) is 5.10 Å². The predicted molar refractivity (Wildman–Crippen MR) is 109 cm³/mol. The quantitative estimate of drug-likeness (QED) is 0.476. The summed E-state index contributed by atoms with van der Waals surface area (Å²) in [6, 6.07) is 14.1. The van der Waals surface area contributed by atoms with Crippen LogP contribution in [0.25, 0.3) is 0 Å². The highest BCUT2D eigenvalue weighted by Gasteiger charge is 2.21. The summed E-state index contributed by atoms with van der Waals surface area (Å²) < 4.78 is 5.58. The third-order valence-corrected chi connectivity index (χ3v) is 4.21. The number of carbonyl (C=O) groups is 2. The molecule has 8 nitrogen and oxygen atoms in total. The van der Waals surface area contributed by atoms with E-state index in [-0.39, 0.29) is 24.0 Å². The molecule has 1 heterocycles. The highest BCUT2D eigenvalue weighted by Crippen LogP contribution is 2.17. The summed E-state index contributed by atoms with van der Waals surface area (Å²) in [6.45, 7) is 1.64. The largest absolute Gasteiger partial charge is 0.466 e. The summed E-state index contributed by atoms with van der Waals surface area (Å²) in [6.07, 6.45) is 1.51. The molecule has 0 aliphatic rings. The number of aromatic nitrogens is 3. The fourth-order valence-corrected chi connectivity index (χ4v) is 2.48. The van der Waals surface area contributed by atoms with Crippen molar-refractivity contribution < 1.29 is 14.3 Å². The number of carbonyl (C=O) groups excluding carboxylic acids is 2. The molecule has 2 aromatic carbocycles. The lowest BCUT2D eigenvalue weighted by Gasteiger charge is -2.07. The third-order valence-electron chi connectivity index (χ3n) is 3.96. The maximum Gasteiger partial charge on any atom is 0.277 e. The summed E-state index contributed by atoms with van der Waals surface area (Å²) >= 11 is 5.87. The van der Waals surface area contributed by atoms with Gasteiger partial charge < -0.3 is 10.1 Å². The van der Waals surface area contributed by atoms with Crippen LogP contribution >= 0.6 is 11.6 Å². The fraction of sp³-hybridized carbons (Fsp3) is 0.150. The number of rotatable bonds is 7. The van der Waals surface area contributed by atoms with Crippen LogP contribution in [0.15, 0.2) is 53.6 Å². The van der Waals surface area contributed by atoms with E-state index in [4.69, 9.17) is 16.3 Å². The first-order valence-corrected chi connectivity index (χ1v) is 9.06. The van der Waals surface area contributed by atoms with E-state index < -0.39 is 5.91 Å². The number of halogens is 1. The van der Waals surface area contributed by atoms with Gasteiger partial charge in [0.25, 0.3) is 11.8 Å². The van der Waals surface area contributed by atoms with E-state index in [1.807, 2.05) is 19.1 Å². The second-order valence-electron chi connectivity index (χ2n) is 6.09. The molecule has 0 saturated carbocycles. The van der Waals surface area contributed by atoms with Crippen molar-refractivity contribution in [1.82, 2.24) is 20.4 Å². The maximum atomic E-state index is 12.4. The Hall–Kier alpha value is -3.52. The first-order chi connectivity index (χ1) is 14.0. The smallest absolute Gasteiger partial charge is 0.277 e. The van der Waals surface area contributed by atoms with E-state index in [0.717, 1.165) is 15.9 Å². The molecule has 0 aliphatic heterocycles. The maximum absolute atomic E-state index is 12.4. The Labute approximate surface area is 172 Å². The molecule has 0 spiro atoms. The molecule has 0 aliphatic carbocycles. The summed E-state index contributed by atoms with van der Waals surface area (Å²) in [5.74, 6) is -0.784. The van der Waals surface area contributed by atoms with Gasteiger partial charge in [-0.05, 0) is 29.8 Å². The molecule has 0 bridgehead atoms. The Kier molecular flexibility index (Phi) is 6.36. The zero-order valence-electron chi connectivity index (χ0n) is 15.8. The van der Waals surface area contributed by atoms with E-state index in [2.05, 4.69) is 20.7 Å². The molecular formula is C20H18ClN5O3. The van der Waals surface area contributed by atoms with Gasteiger partial charge in [-0.15, -0.1) is 5.10 Å². The number of hydrogen-bond donors (Lipinski definition) is 1. The van der Waals surface area contributed by atoms with Crippen LogP contribution in [0.5, 0.6) is 5.88 Å². The van der Waals surface area contributed by atoms with E-state index in [0.29, 0.717) is 10.6 Å². The first kappa shape index (κ1) is 20.2. The van der Waals surface area contributed by atoms with Gasteiger partial charge in [-0.1, -0.05) is 58.4 Å². The predicted octanol–water partition coefficient (Wildman–Crippen LogP) is 2.74. The van der Waals surface area contributed by atoms with Crippen LogP contribution < -0.4 is 10.1 Å². The van der Waals surface area contributed by atoms with Crippen molar-refractivity contribution in [3.63, 3.8) is 0 Å². The fourth-order valence-electron chi connectivity index (χ4n) is 2.35. The van der Waals surface area contributed by atoms with Gasteiger partial charge in [0.2, 0.25) is 5.69 Å². The van der Waals surface area contributed by atoms with E-state index in [1.165, 1.54) is 13.3 Å². The van der Waals surface area contributed by atoms with Gasteiger partial charge in [0.05, 0.1) is 6.21 Å². The van der Waals surface area contributed by atoms with Gasteiger partial charge in [0.15, 0.2) is 12.4 Å².